The Morgan fingerprint density at radius 1 is 1.47 bits per heavy atom. The molecule has 0 saturated carbocycles. The Labute approximate surface area is 103 Å². The Kier molecular flexibility index (Phi) is 4.48. The first-order valence-corrected chi connectivity index (χ1v) is 5.25. The van der Waals surface area contributed by atoms with Crippen LogP contribution in [0, 0.1) is 6.92 Å². The second-order valence-electron chi connectivity index (χ2n) is 3.52. The molecule has 6 heteroatoms. The fourth-order valence-corrected chi connectivity index (χ4v) is 1.48. The highest BCUT2D eigenvalue weighted by molar-refractivity contribution is 6.30. The summed E-state index contributed by atoms with van der Waals surface area (Å²) in [4.78, 5) is 22.0. The summed E-state index contributed by atoms with van der Waals surface area (Å²) in [6.45, 7) is 1.38. The Hall–Kier alpha value is -1.59. The number of carbonyl (C=O) groups is 2. The van der Waals surface area contributed by atoms with Crippen LogP contribution in [0.25, 0.3) is 0 Å². The molecule has 0 saturated heterocycles. The molecule has 0 aliphatic rings. The first-order chi connectivity index (χ1) is 7.91. The number of hydrogen-bond donors (Lipinski definition) is 3. The number of amides is 1. The molecule has 92 valence electrons. The van der Waals surface area contributed by atoms with Gasteiger partial charge in [-0.2, -0.15) is 0 Å². The van der Waals surface area contributed by atoms with E-state index in [2.05, 4.69) is 5.32 Å². The van der Waals surface area contributed by atoms with E-state index in [0.717, 1.165) is 0 Å². The average molecular weight is 258 g/mol. The average Bonchev–Trinajstić information content (AvgIpc) is 2.25. The molecule has 1 atom stereocenters. The van der Waals surface area contributed by atoms with Crippen molar-refractivity contribution in [2.24, 2.45) is 0 Å². The molecule has 0 fully saturated rings. The van der Waals surface area contributed by atoms with E-state index in [9.17, 15) is 9.59 Å². The zero-order chi connectivity index (χ0) is 13.0. The second kappa shape index (κ2) is 5.65. The molecular weight excluding hydrogens is 246 g/mol. The van der Waals surface area contributed by atoms with E-state index in [0.29, 0.717) is 16.1 Å². The van der Waals surface area contributed by atoms with E-state index in [1.807, 2.05) is 0 Å². The van der Waals surface area contributed by atoms with E-state index in [1.165, 1.54) is 0 Å². The first-order valence-electron chi connectivity index (χ1n) is 4.87. The van der Waals surface area contributed by atoms with Crippen LogP contribution >= 0.6 is 11.6 Å². The van der Waals surface area contributed by atoms with Crippen molar-refractivity contribution in [3.05, 3.63) is 34.3 Å². The summed E-state index contributed by atoms with van der Waals surface area (Å²) in [5, 5.41) is 20.3. The van der Waals surface area contributed by atoms with Crippen molar-refractivity contribution in [3.63, 3.8) is 0 Å². The Morgan fingerprint density at radius 2 is 2.12 bits per heavy atom. The van der Waals surface area contributed by atoms with E-state index in [1.54, 1.807) is 25.1 Å². The van der Waals surface area contributed by atoms with Crippen LogP contribution in [-0.4, -0.2) is 34.7 Å². The summed E-state index contributed by atoms with van der Waals surface area (Å²) in [5.74, 6) is -1.82. The van der Waals surface area contributed by atoms with E-state index in [4.69, 9.17) is 21.8 Å². The van der Waals surface area contributed by atoms with Crippen LogP contribution in [0.1, 0.15) is 15.9 Å². The van der Waals surface area contributed by atoms with Gasteiger partial charge in [-0.05, 0) is 30.7 Å². The van der Waals surface area contributed by atoms with Crippen LogP contribution in [0.5, 0.6) is 0 Å². The van der Waals surface area contributed by atoms with E-state index >= 15 is 0 Å². The maximum atomic E-state index is 11.6. The smallest absolute Gasteiger partial charge is 0.334 e. The molecule has 1 aromatic rings. The van der Waals surface area contributed by atoms with Crippen molar-refractivity contribution in [2.45, 2.75) is 13.0 Å². The van der Waals surface area contributed by atoms with Gasteiger partial charge >= 0.3 is 5.97 Å². The summed E-state index contributed by atoms with van der Waals surface area (Å²) >= 11 is 5.74. The number of hydrogen-bond acceptors (Lipinski definition) is 3. The molecule has 0 spiro atoms. The minimum atomic E-state index is -1.61. The Bertz CT molecular complexity index is 447. The fourth-order valence-electron chi connectivity index (χ4n) is 1.25. The molecule has 0 bridgehead atoms. The third kappa shape index (κ3) is 3.72. The van der Waals surface area contributed by atoms with Gasteiger partial charge in [-0.25, -0.2) is 4.79 Å². The highest BCUT2D eigenvalue weighted by Gasteiger charge is 2.15. The number of carbonyl (C=O) groups excluding carboxylic acids is 1. The standard InChI is InChI=1S/C11H12ClNO4/c1-6-4-7(12)2-3-8(6)10(15)13-5-9(14)11(16)17/h2-4,9,14H,5H2,1H3,(H,13,15)(H,16,17)/t9-/m0/s1. The molecule has 1 aromatic carbocycles. The molecule has 1 rings (SSSR count). The molecule has 1 amide bonds. The summed E-state index contributed by atoms with van der Waals surface area (Å²) in [6.07, 6.45) is -1.61. The summed E-state index contributed by atoms with van der Waals surface area (Å²) in [5.41, 5.74) is 1.08. The van der Waals surface area contributed by atoms with Crippen molar-refractivity contribution < 1.29 is 19.8 Å². The molecule has 17 heavy (non-hydrogen) atoms. The molecule has 3 N–H and O–H groups in total. The number of aliphatic hydroxyl groups is 1. The number of benzene rings is 1. The third-order valence-electron chi connectivity index (χ3n) is 2.17. The predicted octanol–water partition coefficient (Wildman–Crippen LogP) is 0.824. The normalized spacial score (nSPS) is 11.9. The SMILES string of the molecule is Cc1cc(Cl)ccc1C(=O)NC[C@H](O)C(=O)O. The lowest BCUT2D eigenvalue weighted by Gasteiger charge is -2.09. The quantitative estimate of drug-likeness (QED) is 0.745. The van der Waals surface area contributed by atoms with Gasteiger partial charge in [0.15, 0.2) is 6.10 Å². The number of rotatable bonds is 4. The van der Waals surface area contributed by atoms with Gasteiger partial charge in [-0.3, -0.25) is 4.79 Å². The minimum Gasteiger partial charge on any atom is -0.479 e. The maximum absolute atomic E-state index is 11.6. The predicted molar refractivity (Wildman–Crippen MR) is 62.2 cm³/mol. The van der Waals surface area contributed by atoms with E-state index < -0.39 is 18.0 Å². The topological polar surface area (TPSA) is 86.6 Å². The second-order valence-corrected chi connectivity index (χ2v) is 3.96. The van der Waals surface area contributed by atoms with Gasteiger partial charge in [0.25, 0.3) is 5.91 Å². The lowest BCUT2D eigenvalue weighted by molar-refractivity contribution is -0.146. The molecule has 0 radical (unpaired) electrons. The van der Waals surface area contributed by atoms with Crippen molar-refractivity contribution >= 4 is 23.5 Å². The summed E-state index contributed by atoms with van der Waals surface area (Å²) in [6, 6.07) is 4.74. The highest BCUT2D eigenvalue weighted by atomic mass is 35.5. The number of halogens is 1. The van der Waals surface area contributed by atoms with Crippen molar-refractivity contribution in [2.75, 3.05) is 6.54 Å². The summed E-state index contributed by atoms with van der Waals surface area (Å²) < 4.78 is 0. The lowest BCUT2D eigenvalue weighted by atomic mass is 10.1. The molecule has 0 aliphatic heterocycles. The number of carboxylic acid groups (broad SMARTS) is 1. The van der Waals surface area contributed by atoms with Gasteiger partial charge in [0.05, 0.1) is 6.54 Å². The van der Waals surface area contributed by atoms with Gasteiger partial charge in [-0.15, -0.1) is 0 Å². The highest BCUT2D eigenvalue weighted by Crippen LogP contribution is 2.14. The Balaban J connectivity index is 2.67. The molecule has 0 aliphatic carbocycles. The minimum absolute atomic E-state index is 0.337. The number of aryl methyl sites for hydroxylation is 1. The third-order valence-corrected chi connectivity index (χ3v) is 2.41. The number of aliphatic hydroxyl groups excluding tert-OH is 1. The lowest BCUT2D eigenvalue weighted by Crippen LogP contribution is -2.36. The monoisotopic (exact) mass is 257 g/mol. The number of aliphatic carboxylic acids is 1. The van der Waals surface area contributed by atoms with Crippen LogP contribution < -0.4 is 5.32 Å². The molecule has 0 heterocycles. The zero-order valence-electron chi connectivity index (χ0n) is 9.11. The van der Waals surface area contributed by atoms with Crippen LogP contribution in [0.15, 0.2) is 18.2 Å². The summed E-state index contributed by atoms with van der Waals surface area (Å²) in [7, 11) is 0. The van der Waals surface area contributed by atoms with Crippen LogP contribution in [0.3, 0.4) is 0 Å². The number of carboxylic acids is 1. The fraction of sp³-hybridized carbons (Fsp3) is 0.273. The van der Waals surface area contributed by atoms with Gasteiger partial charge in [0.1, 0.15) is 0 Å². The van der Waals surface area contributed by atoms with Crippen molar-refractivity contribution in [3.8, 4) is 0 Å². The molecular formula is C11H12ClNO4. The maximum Gasteiger partial charge on any atom is 0.334 e. The number of nitrogens with one attached hydrogen (secondary N) is 1. The molecule has 5 nitrogen and oxygen atoms in total. The van der Waals surface area contributed by atoms with Crippen LogP contribution in [0.4, 0.5) is 0 Å². The van der Waals surface area contributed by atoms with Crippen molar-refractivity contribution in [1.29, 1.82) is 0 Å². The van der Waals surface area contributed by atoms with Gasteiger partial charge in [-0.1, -0.05) is 11.6 Å². The van der Waals surface area contributed by atoms with Crippen molar-refractivity contribution in [1.82, 2.24) is 5.32 Å². The van der Waals surface area contributed by atoms with Crippen LogP contribution in [-0.2, 0) is 4.79 Å². The van der Waals surface area contributed by atoms with Gasteiger partial charge in [0, 0.05) is 10.6 Å². The first kappa shape index (κ1) is 13.5. The largest absolute Gasteiger partial charge is 0.479 e. The van der Waals surface area contributed by atoms with Gasteiger partial charge < -0.3 is 15.5 Å². The Morgan fingerprint density at radius 3 is 2.65 bits per heavy atom. The zero-order valence-corrected chi connectivity index (χ0v) is 9.86. The van der Waals surface area contributed by atoms with Gasteiger partial charge in [0.2, 0.25) is 0 Å². The molecule has 0 aromatic heterocycles. The molecule has 0 unspecified atom stereocenters. The van der Waals surface area contributed by atoms with E-state index in [-0.39, 0.29) is 6.54 Å². The van der Waals surface area contributed by atoms with Crippen LogP contribution in [0.2, 0.25) is 5.02 Å².